The number of hydrogen-bond donors (Lipinski definition) is 1. The molecule has 1 N–H and O–H groups in total. The molecule has 160 valence electrons. The van der Waals surface area contributed by atoms with E-state index >= 15 is 0 Å². The summed E-state index contributed by atoms with van der Waals surface area (Å²) in [6.07, 6.45) is 2.38. The molecular weight excluding hydrogens is 401 g/mol. The van der Waals surface area contributed by atoms with Crippen molar-refractivity contribution in [3.63, 3.8) is 0 Å². The summed E-state index contributed by atoms with van der Waals surface area (Å²) in [4.78, 5) is 24.7. The van der Waals surface area contributed by atoms with Crippen LogP contribution in [0.15, 0.2) is 48.5 Å². The topological polar surface area (TPSA) is 82.4 Å². The summed E-state index contributed by atoms with van der Waals surface area (Å²) in [5.41, 5.74) is 3.49. The van der Waals surface area contributed by atoms with Gasteiger partial charge in [-0.2, -0.15) is 5.10 Å². The lowest BCUT2D eigenvalue weighted by atomic mass is 10.2. The molecule has 8 heteroatoms. The summed E-state index contributed by atoms with van der Waals surface area (Å²) in [6.45, 7) is -0.108. The molecule has 31 heavy (non-hydrogen) atoms. The minimum atomic E-state index is -0.643. The quantitative estimate of drug-likeness (QED) is 0.591. The normalized spacial score (nSPS) is 12.3. The monoisotopic (exact) mass is 423 g/mol. The lowest BCUT2D eigenvalue weighted by molar-refractivity contribution is -0.124. The molecule has 1 aliphatic rings. The Bertz CT molecular complexity index is 1110. The Morgan fingerprint density at radius 2 is 1.97 bits per heavy atom. The molecule has 0 fully saturated rings. The Kier molecular flexibility index (Phi) is 5.97. The number of aromatic nitrogens is 2. The van der Waals surface area contributed by atoms with Crippen molar-refractivity contribution in [1.29, 1.82) is 0 Å². The molecule has 3 aromatic rings. The first-order valence-corrected chi connectivity index (χ1v) is 9.98. The van der Waals surface area contributed by atoms with Gasteiger partial charge in [-0.25, -0.2) is 13.9 Å². The molecule has 1 aliphatic carbocycles. The average Bonchev–Trinajstić information content (AvgIpc) is 3.40. The van der Waals surface area contributed by atoms with Gasteiger partial charge in [0.2, 0.25) is 0 Å². The van der Waals surface area contributed by atoms with Gasteiger partial charge in [-0.3, -0.25) is 4.79 Å². The van der Waals surface area contributed by atoms with Gasteiger partial charge >= 0.3 is 5.97 Å². The molecule has 0 saturated carbocycles. The van der Waals surface area contributed by atoms with Gasteiger partial charge in [-0.1, -0.05) is 12.1 Å². The van der Waals surface area contributed by atoms with Crippen LogP contribution in [-0.4, -0.2) is 35.4 Å². The summed E-state index contributed by atoms with van der Waals surface area (Å²) >= 11 is 0. The number of rotatable bonds is 7. The van der Waals surface area contributed by atoms with E-state index in [1.165, 1.54) is 12.1 Å². The van der Waals surface area contributed by atoms with Crippen LogP contribution in [0.2, 0.25) is 0 Å². The molecule has 0 atom stereocenters. The zero-order valence-electron chi connectivity index (χ0n) is 17.1. The van der Waals surface area contributed by atoms with Gasteiger partial charge in [0.25, 0.3) is 5.91 Å². The highest BCUT2D eigenvalue weighted by Gasteiger charge is 2.28. The maximum atomic E-state index is 13.2. The third-order valence-electron chi connectivity index (χ3n) is 5.15. The van der Waals surface area contributed by atoms with E-state index in [1.807, 2.05) is 24.3 Å². The van der Waals surface area contributed by atoms with Gasteiger partial charge in [0, 0.05) is 17.8 Å². The van der Waals surface area contributed by atoms with Crippen molar-refractivity contribution in [2.75, 3.05) is 13.7 Å². The van der Waals surface area contributed by atoms with Crippen molar-refractivity contribution in [1.82, 2.24) is 15.1 Å². The zero-order valence-corrected chi connectivity index (χ0v) is 17.1. The van der Waals surface area contributed by atoms with Gasteiger partial charge < -0.3 is 14.8 Å². The first kappa shape index (κ1) is 20.6. The molecule has 0 bridgehead atoms. The predicted molar refractivity (Wildman–Crippen MR) is 111 cm³/mol. The van der Waals surface area contributed by atoms with Crippen LogP contribution in [0.1, 0.15) is 33.7 Å². The molecule has 1 amide bonds. The van der Waals surface area contributed by atoms with E-state index in [9.17, 15) is 14.0 Å². The third-order valence-corrected chi connectivity index (χ3v) is 5.15. The summed E-state index contributed by atoms with van der Waals surface area (Å²) in [5, 5.41) is 7.11. The number of benzene rings is 2. The van der Waals surface area contributed by atoms with Crippen molar-refractivity contribution in [3.8, 4) is 11.4 Å². The summed E-state index contributed by atoms with van der Waals surface area (Å²) < 4.78 is 25.3. The molecule has 2 aromatic carbocycles. The fourth-order valence-electron chi connectivity index (χ4n) is 3.63. The first-order chi connectivity index (χ1) is 15.0. The number of methoxy groups -OCH3 is 1. The Morgan fingerprint density at radius 3 is 2.74 bits per heavy atom. The molecule has 0 saturated heterocycles. The van der Waals surface area contributed by atoms with Gasteiger partial charge in [0.05, 0.1) is 12.8 Å². The van der Waals surface area contributed by atoms with Crippen LogP contribution < -0.4 is 10.1 Å². The van der Waals surface area contributed by atoms with Crippen LogP contribution in [0.25, 0.3) is 5.69 Å². The molecule has 0 spiro atoms. The van der Waals surface area contributed by atoms with Crippen LogP contribution in [-0.2, 0) is 28.9 Å². The van der Waals surface area contributed by atoms with E-state index in [1.54, 1.807) is 23.9 Å². The van der Waals surface area contributed by atoms with E-state index in [4.69, 9.17) is 9.47 Å². The van der Waals surface area contributed by atoms with Crippen molar-refractivity contribution < 1.29 is 23.5 Å². The predicted octanol–water partition coefficient (Wildman–Crippen LogP) is 2.98. The molecule has 0 unspecified atom stereocenters. The number of ether oxygens (including phenoxy) is 2. The van der Waals surface area contributed by atoms with E-state index < -0.39 is 18.5 Å². The summed E-state index contributed by atoms with van der Waals surface area (Å²) in [7, 11) is 1.57. The van der Waals surface area contributed by atoms with E-state index in [2.05, 4.69) is 10.4 Å². The number of nitrogens with one attached hydrogen (secondary N) is 1. The number of hydrogen-bond acceptors (Lipinski definition) is 5. The number of amides is 1. The largest absolute Gasteiger partial charge is 0.497 e. The number of nitrogens with zero attached hydrogens (tertiary/aromatic N) is 2. The van der Waals surface area contributed by atoms with Gasteiger partial charge in [-0.05, 0) is 61.2 Å². The van der Waals surface area contributed by atoms with Crippen molar-refractivity contribution in [3.05, 3.63) is 76.9 Å². The zero-order chi connectivity index (χ0) is 21.8. The molecule has 1 aromatic heterocycles. The van der Waals surface area contributed by atoms with Crippen molar-refractivity contribution in [2.45, 2.75) is 25.8 Å². The molecule has 1 heterocycles. The Hall–Kier alpha value is -3.68. The maximum Gasteiger partial charge on any atom is 0.359 e. The Balaban J connectivity index is 1.39. The van der Waals surface area contributed by atoms with Crippen LogP contribution in [0, 0.1) is 5.82 Å². The smallest absolute Gasteiger partial charge is 0.359 e. The van der Waals surface area contributed by atoms with Crippen molar-refractivity contribution in [2.24, 2.45) is 0 Å². The minimum Gasteiger partial charge on any atom is -0.497 e. The SMILES string of the molecule is COc1cccc(CNC(=O)COC(=O)c2nn(-c3ccc(F)cc3)c3c2CCC3)c1. The standard InChI is InChI=1S/C23H22FN3O4/c1-30-18-5-2-4-15(12-18)13-25-21(28)14-31-23(29)22-19-6-3-7-20(19)27(26-22)17-10-8-16(24)9-11-17/h2,4-5,8-12H,3,6-7,13-14H2,1H3,(H,25,28). The van der Waals surface area contributed by atoms with E-state index in [0.717, 1.165) is 29.7 Å². The number of halogens is 1. The fraction of sp³-hybridized carbons (Fsp3) is 0.261. The van der Waals surface area contributed by atoms with Crippen LogP contribution in [0.4, 0.5) is 4.39 Å². The van der Waals surface area contributed by atoms with Crippen LogP contribution in [0.3, 0.4) is 0 Å². The molecule has 7 nitrogen and oxygen atoms in total. The Labute approximate surface area is 178 Å². The van der Waals surface area contributed by atoms with E-state index in [-0.39, 0.29) is 11.5 Å². The highest BCUT2D eigenvalue weighted by molar-refractivity contribution is 5.91. The summed E-state index contributed by atoms with van der Waals surface area (Å²) in [5.74, 6) is -0.697. The second-order valence-electron chi connectivity index (χ2n) is 7.22. The second kappa shape index (κ2) is 8.99. The second-order valence-corrected chi connectivity index (χ2v) is 7.22. The molecule has 0 radical (unpaired) electrons. The summed E-state index contributed by atoms with van der Waals surface area (Å²) in [6, 6.07) is 13.3. The lowest BCUT2D eigenvalue weighted by Gasteiger charge is -2.08. The Morgan fingerprint density at radius 1 is 1.16 bits per heavy atom. The highest BCUT2D eigenvalue weighted by Crippen LogP contribution is 2.28. The first-order valence-electron chi connectivity index (χ1n) is 9.98. The number of carbonyl (C=O) groups is 2. The van der Waals surface area contributed by atoms with Gasteiger partial charge in [-0.15, -0.1) is 0 Å². The molecule has 4 rings (SSSR count). The molecular formula is C23H22FN3O4. The third kappa shape index (κ3) is 4.58. The maximum absolute atomic E-state index is 13.2. The number of carbonyl (C=O) groups excluding carboxylic acids is 2. The fourth-order valence-corrected chi connectivity index (χ4v) is 3.63. The van der Waals surface area contributed by atoms with Gasteiger partial charge in [0.15, 0.2) is 12.3 Å². The average molecular weight is 423 g/mol. The highest BCUT2D eigenvalue weighted by atomic mass is 19.1. The molecule has 0 aliphatic heterocycles. The van der Waals surface area contributed by atoms with Crippen molar-refractivity contribution >= 4 is 11.9 Å². The van der Waals surface area contributed by atoms with Crippen LogP contribution in [0.5, 0.6) is 5.75 Å². The van der Waals surface area contributed by atoms with E-state index in [0.29, 0.717) is 24.4 Å². The van der Waals surface area contributed by atoms with Gasteiger partial charge in [0.1, 0.15) is 11.6 Å². The number of esters is 1. The number of fused-ring (bicyclic) bond motifs is 1. The minimum absolute atomic E-state index is 0.206. The van der Waals surface area contributed by atoms with Crippen LogP contribution >= 0.6 is 0 Å². The lowest BCUT2D eigenvalue weighted by Crippen LogP contribution is -2.28.